The average molecular weight is 532 g/mol. The van der Waals surface area contributed by atoms with Gasteiger partial charge >= 0.3 is 0 Å². The number of nitrogens with two attached hydrogens (primary N) is 1. The van der Waals surface area contributed by atoms with E-state index < -0.39 is 0 Å². The quantitative estimate of drug-likeness (QED) is 0.363. The number of hydrogen-bond acceptors (Lipinski definition) is 8. The summed E-state index contributed by atoms with van der Waals surface area (Å²) in [4.78, 5) is 41.8. The fraction of sp³-hybridized carbons (Fsp3) is 0.222. The molecule has 3 aromatic heterocycles. The molecular weight excluding hydrogens is 506 g/mol. The zero-order valence-corrected chi connectivity index (χ0v) is 21.5. The number of aromatic nitrogens is 3. The number of nitrogens with zero attached hydrogens (tertiary/aromatic N) is 5. The molecule has 1 aliphatic rings. The molecule has 38 heavy (non-hydrogen) atoms. The Bertz CT molecular complexity index is 1490. The van der Waals surface area contributed by atoms with Gasteiger partial charge in [-0.3, -0.25) is 9.59 Å². The zero-order valence-electron chi connectivity index (χ0n) is 20.7. The summed E-state index contributed by atoms with van der Waals surface area (Å²) in [6.07, 6.45) is 7.74. The lowest BCUT2D eigenvalue weighted by Crippen LogP contribution is -2.47. The Morgan fingerprint density at radius 2 is 1.84 bits per heavy atom. The number of pyridine rings is 1. The van der Waals surface area contributed by atoms with Crippen LogP contribution in [0.3, 0.4) is 0 Å². The van der Waals surface area contributed by atoms with Crippen LogP contribution in [-0.4, -0.2) is 69.8 Å². The van der Waals surface area contributed by atoms with Gasteiger partial charge in [0.15, 0.2) is 11.4 Å². The first-order valence-corrected chi connectivity index (χ1v) is 12.4. The van der Waals surface area contributed by atoms with E-state index in [4.69, 9.17) is 21.8 Å². The minimum Gasteiger partial charge on any atom is -0.458 e. The number of carbonyl (C=O) groups excluding carboxylic acids is 2. The highest BCUT2D eigenvalue weighted by Gasteiger charge is 2.21. The van der Waals surface area contributed by atoms with Gasteiger partial charge in [0, 0.05) is 61.8 Å². The Labute approximate surface area is 224 Å². The Kier molecular flexibility index (Phi) is 7.34. The van der Waals surface area contributed by atoms with E-state index in [2.05, 4.69) is 25.2 Å². The number of carbonyl (C=O) groups is 2. The third-order valence-electron chi connectivity index (χ3n) is 6.24. The van der Waals surface area contributed by atoms with E-state index in [9.17, 15) is 9.59 Å². The number of benzene rings is 1. The van der Waals surface area contributed by atoms with Gasteiger partial charge in [-0.2, -0.15) is 0 Å². The number of anilines is 1. The molecule has 5 rings (SSSR count). The van der Waals surface area contributed by atoms with Crippen molar-refractivity contribution < 1.29 is 14.0 Å². The SMILES string of the molecule is CN1CCN(C(=O)c2cnc(-c3cc(Cl)c4oc(CNC(=O)C=Cc5ccc(N)nc5)cc4c3)nc2)CC1. The number of nitrogen functional groups attached to an aromatic ring is 1. The zero-order chi connectivity index (χ0) is 26.6. The molecule has 0 bridgehead atoms. The fourth-order valence-electron chi connectivity index (χ4n) is 4.08. The summed E-state index contributed by atoms with van der Waals surface area (Å²) in [6, 6.07) is 8.83. The molecule has 0 saturated carbocycles. The Hall–Kier alpha value is -4.28. The minimum atomic E-state index is -0.284. The van der Waals surface area contributed by atoms with Crippen molar-refractivity contribution >= 4 is 46.3 Å². The molecule has 0 aliphatic carbocycles. The summed E-state index contributed by atoms with van der Waals surface area (Å²) in [5.41, 5.74) is 7.98. The highest BCUT2D eigenvalue weighted by atomic mass is 35.5. The first kappa shape index (κ1) is 25.4. The summed E-state index contributed by atoms with van der Waals surface area (Å²) in [5, 5.41) is 3.93. The lowest BCUT2D eigenvalue weighted by atomic mass is 10.1. The molecular formula is C27H26ClN7O3. The molecule has 11 heteroatoms. The number of fused-ring (bicyclic) bond motifs is 1. The number of nitrogens with one attached hydrogen (secondary N) is 1. The lowest BCUT2D eigenvalue weighted by molar-refractivity contribution is -0.116. The largest absolute Gasteiger partial charge is 0.458 e. The highest BCUT2D eigenvalue weighted by molar-refractivity contribution is 6.35. The average Bonchev–Trinajstić information content (AvgIpc) is 3.35. The van der Waals surface area contributed by atoms with Crippen LogP contribution in [0.1, 0.15) is 21.7 Å². The molecule has 4 aromatic rings. The molecule has 1 fully saturated rings. The molecule has 0 atom stereocenters. The molecule has 1 saturated heterocycles. The van der Waals surface area contributed by atoms with Crippen LogP contribution >= 0.6 is 11.6 Å². The molecule has 0 spiro atoms. The van der Waals surface area contributed by atoms with Crippen molar-refractivity contribution in [1.82, 2.24) is 30.1 Å². The highest BCUT2D eigenvalue weighted by Crippen LogP contribution is 2.32. The van der Waals surface area contributed by atoms with Crippen LogP contribution in [0.4, 0.5) is 5.82 Å². The maximum atomic E-state index is 12.8. The van der Waals surface area contributed by atoms with Crippen LogP contribution in [0.25, 0.3) is 28.4 Å². The van der Waals surface area contributed by atoms with E-state index in [-0.39, 0.29) is 18.4 Å². The maximum Gasteiger partial charge on any atom is 0.257 e. The number of piperazine rings is 1. The molecule has 1 aromatic carbocycles. The maximum absolute atomic E-state index is 12.8. The first-order valence-electron chi connectivity index (χ1n) is 12.1. The van der Waals surface area contributed by atoms with E-state index in [0.29, 0.717) is 52.2 Å². The van der Waals surface area contributed by atoms with E-state index >= 15 is 0 Å². The number of amides is 2. The molecule has 194 valence electrons. The van der Waals surface area contributed by atoms with E-state index in [1.165, 1.54) is 6.08 Å². The van der Waals surface area contributed by atoms with Crippen LogP contribution in [0.15, 0.2) is 59.4 Å². The minimum absolute atomic E-state index is 0.0698. The van der Waals surface area contributed by atoms with Crippen LogP contribution in [0.5, 0.6) is 0 Å². The summed E-state index contributed by atoms with van der Waals surface area (Å²) in [7, 11) is 2.04. The van der Waals surface area contributed by atoms with Crippen LogP contribution in [0, 0.1) is 0 Å². The van der Waals surface area contributed by atoms with Crippen molar-refractivity contribution in [2.24, 2.45) is 0 Å². The molecule has 3 N–H and O–H groups in total. The number of halogens is 1. The predicted octanol–water partition coefficient (Wildman–Crippen LogP) is 3.24. The molecule has 0 unspecified atom stereocenters. The van der Waals surface area contributed by atoms with Gasteiger partial charge in [0.25, 0.3) is 5.91 Å². The van der Waals surface area contributed by atoms with Gasteiger partial charge in [-0.1, -0.05) is 11.6 Å². The molecule has 10 nitrogen and oxygen atoms in total. The Morgan fingerprint density at radius 1 is 1.08 bits per heavy atom. The number of furan rings is 1. The summed E-state index contributed by atoms with van der Waals surface area (Å²) < 4.78 is 5.85. The lowest BCUT2D eigenvalue weighted by Gasteiger charge is -2.32. The van der Waals surface area contributed by atoms with Gasteiger partial charge in [-0.15, -0.1) is 0 Å². The Balaban J connectivity index is 1.25. The van der Waals surface area contributed by atoms with Crippen molar-refractivity contribution in [2.45, 2.75) is 6.54 Å². The normalized spacial score (nSPS) is 14.3. The van der Waals surface area contributed by atoms with E-state index in [0.717, 1.165) is 24.0 Å². The van der Waals surface area contributed by atoms with Crippen LogP contribution < -0.4 is 11.1 Å². The third kappa shape index (κ3) is 5.82. The van der Waals surface area contributed by atoms with Gasteiger partial charge in [0.2, 0.25) is 5.91 Å². The monoisotopic (exact) mass is 531 g/mol. The topological polar surface area (TPSA) is 130 Å². The number of likely N-dealkylation sites (N-methyl/N-ethyl adjacent to an activating group) is 1. The third-order valence-corrected chi connectivity index (χ3v) is 6.52. The smallest absolute Gasteiger partial charge is 0.257 e. The van der Waals surface area contributed by atoms with Gasteiger partial charge in [0.1, 0.15) is 11.6 Å². The summed E-state index contributed by atoms with van der Waals surface area (Å²) in [6.45, 7) is 3.24. The molecule has 0 radical (unpaired) electrons. The van der Waals surface area contributed by atoms with Gasteiger partial charge in [0.05, 0.1) is 17.1 Å². The second-order valence-corrected chi connectivity index (χ2v) is 9.45. The molecule has 2 amide bonds. The Morgan fingerprint density at radius 3 is 2.55 bits per heavy atom. The molecule has 1 aliphatic heterocycles. The van der Waals surface area contributed by atoms with Crippen molar-refractivity contribution in [2.75, 3.05) is 39.0 Å². The molecule has 4 heterocycles. The van der Waals surface area contributed by atoms with Gasteiger partial charge in [-0.05, 0) is 49.0 Å². The van der Waals surface area contributed by atoms with Crippen molar-refractivity contribution in [1.29, 1.82) is 0 Å². The standard InChI is InChI=1S/C27H26ClN7O3/c1-34-6-8-35(9-7-34)27(37)20-14-32-26(33-15-20)19-10-18-11-21(38-25(18)22(28)12-19)16-31-24(36)5-3-17-2-4-23(29)30-13-17/h2-5,10-15H,6-9,16H2,1H3,(H2,29,30)(H,31,36). The van der Waals surface area contributed by atoms with E-state index in [1.807, 2.05) is 24.1 Å². The second-order valence-electron chi connectivity index (χ2n) is 9.05. The number of hydrogen-bond donors (Lipinski definition) is 2. The second kappa shape index (κ2) is 11.0. The van der Waals surface area contributed by atoms with Crippen molar-refractivity contribution in [3.8, 4) is 11.4 Å². The van der Waals surface area contributed by atoms with Crippen molar-refractivity contribution in [3.05, 3.63) is 76.9 Å². The fourth-order valence-corrected chi connectivity index (χ4v) is 4.35. The van der Waals surface area contributed by atoms with Gasteiger partial charge < -0.3 is 25.3 Å². The summed E-state index contributed by atoms with van der Waals surface area (Å²) >= 11 is 6.48. The van der Waals surface area contributed by atoms with Crippen LogP contribution in [-0.2, 0) is 11.3 Å². The van der Waals surface area contributed by atoms with Gasteiger partial charge in [-0.25, -0.2) is 15.0 Å². The van der Waals surface area contributed by atoms with E-state index in [1.54, 1.807) is 42.9 Å². The van der Waals surface area contributed by atoms with Crippen LogP contribution in [0.2, 0.25) is 5.02 Å². The predicted molar refractivity (Wildman–Crippen MR) is 145 cm³/mol. The summed E-state index contributed by atoms with van der Waals surface area (Å²) in [5.74, 6) is 1.05. The first-order chi connectivity index (χ1) is 18.4. The number of rotatable bonds is 6. The van der Waals surface area contributed by atoms with Crippen molar-refractivity contribution in [3.63, 3.8) is 0 Å².